The third kappa shape index (κ3) is 2.92. The Bertz CT molecular complexity index is 636. The number of hydrogen-bond donors (Lipinski definition) is 1. The van der Waals surface area contributed by atoms with E-state index in [1.807, 2.05) is 12.1 Å². The minimum Gasteiger partial charge on any atom is -0.493 e. The zero-order valence-electron chi connectivity index (χ0n) is 12.4. The van der Waals surface area contributed by atoms with Crippen molar-refractivity contribution < 1.29 is 4.74 Å². The van der Waals surface area contributed by atoms with Crippen LogP contribution in [0.2, 0.25) is 5.02 Å². The largest absolute Gasteiger partial charge is 0.493 e. The van der Waals surface area contributed by atoms with Gasteiger partial charge in [0.1, 0.15) is 5.75 Å². The minimum absolute atomic E-state index is 0.112. The Hall–Kier alpha value is -1.51. The van der Waals surface area contributed by atoms with E-state index in [1.165, 1.54) is 16.7 Å². The van der Waals surface area contributed by atoms with Crippen LogP contribution in [0.4, 0.5) is 0 Å². The summed E-state index contributed by atoms with van der Waals surface area (Å²) in [5.74, 6) is 1.01. The summed E-state index contributed by atoms with van der Waals surface area (Å²) in [4.78, 5) is 0. The Kier molecular flexibility index (Phi) is 4.18. The van der Waals surface area contributed by atoms with E-state index in [-0.39, 0.29) is 6.04 Å². The van der Waals surface area contributed by atoms with Crippen molar-refractivity contribution in [3.05, 3.63) is 63.7 Å². The summed E-state index contributed by atoms with van der Waals surface area (Å²) in [6, 6.07) is 12.8. The molecule has 1 unspecified atom stereocenters. The molecule has 21 heavy (non-hydrogen) atoms. The number of aryl methyl sites for hydroxylation is 1. The molecule has 0 spiro atoms. The van der Waals surface area contributed by atoms with Crippen LogP contribution in [0, 0.1) is 6.92 Å². The van der Waals surface area contributed by atoms with Gasteiger partial charge in [-0.25, -0.2) is 0 Å². The van der Waals surface area contributed by atoms with Crippen LogP contribution >= 0.6 is 11.6 Å². The van der Waals surface area contributed by atoms with Crippen LogP contribution in [0.3, 0.4) is 0 Å². The lowest BCUT2D eigenvalue weighted by molar-refractivity contribution is 0.350. The second-order valence-corrected chi connectivity index (χ2v) is 5.92. The molecule has 1 aliphatic heterocycles. The molecule has 0 aliphatic carbocycles. The van der Waals surface area contributed by atoms with Crippen LogP contribution in [0.1, 0.15) is 35.2 Å². The summed E-state index contributed by atoms with van der Waals surface area (Å²) in [5, 5.41) is 4.33. The van der Waals surface area contributed by atoms with Crippen LogP contribution in [-0.2, 0) is 6.42 Å². The smallest absolute Gasteiger partial charge is 0.127 e. The first kappa shape index (κ1) is 14.4. The van der Waals surface area contributed by atoms with E-state index in [0.717, 1.165) is 35.9 Å². The third-order valence-electron chi connectivity index (χ3n) is 3.91. The van der Waals surface area contributed by atoms with Gasteiger partial charge in [-0.05, 0) is 36.7 Å². The molecule has 1 heterocycles. The molecule has 0 bridgehead atoms. The van der Waals surface area contributed by atoms with Crippen LogP contribution < -0.4 is 10.1 Å². The Balaban J connectivity index is 2.07. The lowest BCUT2D eigenvalue weighted by atomic mass is 9.95. The van der Waals surface area contributed by atoms with Gasteiger partial charge in [0.2, 0.25) is 0 Å². The van der Waals surface area contributed by atoms with Gasteiger partial charge in [-0.1, -0.05) is 48.4 Å². The van der Waals surface area contributed by atoms with Gasteiger partial charge in [0, 0.05) is 17.0 Å². The first-order chi connectivity index (χ1) is 10.2. The Labute approximate surface area is 131 Å². The molecule has 0 saturated carbocycles. The predicted octanol–water partition coefficient (Wildman–Crippen LogP) is 4.28. The summed E-state index contributed by atoms with van der Waals surface area (Å²) in [6.45, 7) is 5.86. The molecule has 2 aromatic carbocycles. The molecule has 2 aromatic rings. The van der Waals surface area contributed by atoms with Crippen molar-refractivity contribution in [2.45, 2.75) is 26.3 Å². The van der Waals surface area contributed by atoms with E-state index >= 15 is 0 Å². The maximum atomic E-state index is 6.30. The molecule has 0 saturated heterocycles. The maximum absolute atomic E-state index is 6.30. The highest BCUT2D eigenvalue weighted by Crippen LogP contribution is 2.38. The fourth-order valence-corrected chi connectivity index (χ4v) is 3.13. The van der Waals surface area contributed by atoms with Crippen molar-refractivity contribution in [3.8, 4) is 5.75 Å². The van der Waals surface area contributed by atoms with E-state index in [2.05, 4.69) is 43.4 Å². The summed E-state index contributed by atoms with van der Waals surface area (Å²) in [6.07, 6.45) is 0.940. The number of hydrogen-bond acceptors (Lipinski definition) is 2. The van der Waals surface area contributed by atoms with Crippen molar-refractivity contribution >= 4 is 11.6 Å². The van der Waals surface area contributed by atoms with E-state index in [4.69, 9.17) is 16.3 Å². The molecule has 2 nitrogen and oxygen atoms in total. The van der Waals surface area contributed by atoms with Gasteiger partial charge in [0.25, 0.3) is 0 Å². The molecule has 1 atom stereocenters. The first-order valence-electron chi connectivity index (χ1n) is 7.44. The van der Waals surface area contributed by atoms with Gasteiger partial charge >= 0.3 is 0 Å². The highest BCUT2D eigenvalue weighted by Gasteiger charge is 2.24. The quantitative estimate of drug-likeness (QED) is 0.910. The van der Waals surface area contributed by atoms with Crippen LogP contribution in [0.5, 0.6) is 5.75 Å². The summed E-state index contributed by atoms with van der Waals surface area (Å²) < 4.78 is 5.86. The van der Waals surface area contributed by atoms with Crippen molar-refractivity contribution in [3.63, 3.8) is 0 Å². The molecule has 3 heteroatoms. The van der Waals surface area contributed by atoms with Gasteiger partial charge < -0.3 is 10.1 Å². The van der Waals surface area contributed by atoms with Crippen molar-refractivity contribution in [2.24, 2.45) is 0 Å². The second kappa shape index (κ2) is 6.08. The fraction of sp³-hybridized carbons (Fsp3) is 0.333. The Morgan fingerprint density at radius 2 is 2.00 bits per heavy atom. The number of ether oxygens (including phenoxy) is 1. The molecule has 0 radical (unpaired) electrons. The van der Waals surface area contributed by atoms with E-state index in [1.54, 1.807) is 0 Å². The van der Waals surface area contributed by atoms with Crippen LogP contribution in [0.25, 0.3) is 0 Å². The number of halogens is 1. The third-order valence-corrected chi connectivity index (χ3v) is 4.13. The number of fused-ring (bicyclic) bond motifs is 1. The molecule has 3 rings (SSSR count). The average molecular weight is 302 g/mol. The summed E-state index contributed by atoms with van der Waals surface area (Å²) in [5.41, 5.74) is 4.86. The normalized spacial score (nSPS) is 14.6. The zero-order valence-corrected chi connectivity index (χ0v) is 13.2. The number of benzene rings is 2. The van der Waals surface area contributed by atoms with Gasteiger partial charge in [0.05, 0.1) is 12.6 Å². The number of nitrogens with one attached hydrogen (secondary N) is 1. The monoisotopic (exact) mass is 301 g/mol. The van der Waals surface area contributed by atoms with E-state index < -0.39 is 0 Å². The molecule has 1 aliphatic rings. The molecular weight excluding hydrogens is 282 g/mol. The first-order valence-corrected chi connectivity index (χ1v) is 7.82. The maximum Gasteiger partial charge on any atom is 0.127 e. The van der Waals surface area contributed by atoms with Crippen LogP contribution in [-0.4, -0.2) is 13.2 Å². The summed E-state index contributed by atoms with van der Waals surface area (Å²) >= 11 is 6.30. The van der Waals surface area contributed by atoms with Crippen molar-refractivity contribution in [1.82, 2.24) is 5.32 Å². The lowest BCUT2D eigenvalue weighted by Gasteiger charge is -2.22. The van der Waals surface area contributed by atoms with Gasteiger partial charge in [0.15, 0.2) is 0 Å². The lowest BCUT2D eigenvalue weighted by Crippen LogP contribution is -2.22. The van der Waals surface area contributed by atoms with Gasteiger partial charge in [-0.15, -0.1) is 0 Å². The van der Waals surface area contributed by atoms with E-state index in [9.17, 15) is 0 Å². The molecule has 110 valence electrons. The van der Waals surface area contributed by atoms with E-state index in [0.29, 0.717) is 0 Å². The Morgan fingerprint density at radius 3 is 2.71 bits per heavy atom. The average Bonchev–Trinajstić information content (AvgIpc) is 2.93. The van der Waals surface area contributed by atoms with Gasteiger partial charge in [-0.3, -0.25) is 0 Å². The Morgan fingerprint density at radius 1 is 1.24 bits per heavy atom. The molecule has 0 aromatic heterocycles. The standard InChI is InChI=1S/C18H20ClNO/c1-3-20-17(13-6-4-12(2)5-7-13)16-11-15(19)10-14-8-9-21-18(14)16/h4-7,10-11,17,20H,3,8-9H2,1-2H3. The van der Waals surface area contributed by atoms with Crippen molar-refractivity contribution in [1.29, 1.82) is 0 Å². The fourth-order valence-electron chi connectivity index (χ4n) is 2.88. The molecule has 0 fully saturated rings. The highest BCUT2D eigenvalue weighted by molar-refractivity contribution is 6.30. The second-order valence-electron chi connectivity index (χ2n) is 5.48. The molecular formula is C18H20ClNO. The SMILES string of the molecule is CCNC(c1ccc(C)cc1)c1cc(Cl)cc2c1OCC2. The van der Waals surface area contributed by atoms with Crippen molar-refractivity contribution in [2.75, 3.05) is 13.2 Å². The summed E-state index contributed by atoms with van der Waals surface area (Å²) in [7, 11) is 0. The van der Waals surface area contributed by atoms with Gasteiger partial charge in [-0.2, -0.15) is 0 Å². The van der Waals surface area contributed by atoms with Crippen LogP contribution in [0.15, 0.2) is 36.4 Å². The minimum atomic E-state index is 0.112. The topological polar surface area (TPSA) is 21.3 Å². The molecule has 1 N–H and O–H groups in total. The predicted molar refractivity (Wildman–Crippen MR) is 87.3 cm³/mol. The zero-order chi connectivity index (χ0) is 14.8. The number of rotatable bonds is 4. The highest BCUT2D eigenvalue weighted by atomic mass is 35.5. The molecule has 0 amide bonds.